The number of phosphoric acid groups is 2. The molecule has 0 aromatic heterocycles. The van der Waals surface area contributed by atoms with Gasteiger partial charge in [0.15, 0.2) is 6.10 Å². The molecule has 0 amide bonds. The maximum absolute atomic E-state index is 12.9. The Hall–Kier alpha value is -3.27. The molecule has 4 N–H and O–H groups in total. The first kappa shape index (κ1) is 83.7. The quantitative estimate of drug-likeness (QED) is 0.0146. The van der Waals surface area contributed by atoms with Crippen LogP contribution in [0.15, 0.2) is 85.1 Å². The molecule has 5 unspecified atom stereocenters. The number of carbonyl (C=O) groups is 3. The SMILES string of the molecule is CC/C=C\C/C=C\C/C=C\C/C=C\C/C=C\CCCCCCCCCC(=O)OCC(O)COP(=O)(O)OCC(O)COP(=O)(O)OCC(COC(=O)CCCCCCC/C=C\C/C=C\CCCCC)OC(=O)CCCCCCCCCCCCCCC. The molecular formula is C69H122O16P2. The van der Waals surface area contributed by atoms with Crippen molar-refractivity contribution in [3.8, 4) is 0 Å². The maximum Gasteiger partial charge on any atom is 0.472 e. The van der Waals surface area contributed by atoms with E-state index >= 15 is 0 Å². The summed E-state index contributed by atoms with van der Waals surface area (Å²) >= 11 is 0. The van der Waals surface area contributed by atoms with Gasteiger partial charge in [0.05, 0.1) is 26.4 Å². The van der Waals surface area contributed by atoms with Crippen LogP contribution in [0.3, 0.4) is 0 Å². The molecule has 0 aliphatic rings. The van der Waals surface area contributed by atoms with Crippen LogP contribution in [0.4, 0.5) is 0 Å². The lowest BCUT2D eigenvalue weighted by Gasteiger charge is -2.21. The minimum Gasteiger partial charge on any atom is -0.463 e. The Balaban J connectivity index is 4.58. The second-order valence-electron chi connectivity index (χ2n) is 22.6. The second-order valence-corrected chi connectivity index (χ2v) is 25.5. The van der Waals surface area contributed by atoms with Crippen molar-refractivity contribution < 1.29 is 75.8 Å². The van der Waals surface area contributed by atoms with Crippen LogP contribution >= 0.6 is 15.6 Å². The van der Waals surface area contributed by atoms with Crippen LogP contribution in [-0.4, -0.2) is 95.9 Å². The van der Waals surface area contributed by atoms with Gasteiger partial charge in [0.25, 0.3) is 0 Å². The van der Waals surface area contributed by atoms with Gasteiger partial charge in [-0.15, -0.1) is 0 Å². The Morgan fingerprint density at radius 3 is 0.989 bits per heavy atom. The number of rotatable bonds is 64. The number of esters is 3. The lowest BCUT2D eigenvalue weighted by atomic mass is 10.0. The Labute approximate surface area is 527 Å². The lowest BCUT2D eigenvalue weighted by molar-refractivity contribution is -0.161. The molecule has 0 fully saturated rings. The van der Waals surface area contributed by atoms with Gasteiger partial charge in [-0.1, -0.05) is 247 Å². The van der Waals surface area contributed by atoms with Gasteiger partial charge < -0.3 is 34.2 Å². The highest BCUT2D eigenvalue weighted by Crippen LogP contribution is 2.45. The van der Waals surface area contributed by atoms with Crippen LogP contribution < -0.4 is 0 Å². The second kappa shape index (κ2) is 62.9. The van der Waals surface area contributed by atoms with Crippen LogP contribution in [0.2, 0.25) is 0 Å². The van der Waals surface area contributed by atoms with E-state index in [1.165, 1.54) is 70.6 Å². The molecule has 0 saturated heterocycles. The topological polar surface area (TPSA) is 231 Å². The molecule has 0 bridgehead atoms. The Morgan fingerprint density at radius 2 is 0.609 bits per heavy atom. The van der Waals surface area contributed by atoms with Crippen molar-refractivity contribution in [2.45, 2.75) is 296 Å². The van der Waals surface area contributed by atoms with Crippen molar-refractivity contribution in [2.75, 3.05) is 39.6 Å². The van der Waals surface area contributed by atoms with E-state index in [-0.39, 0.29) is 19.3 Å². The third-order valence-electron chi connectivity index (χ3n) is 14.1. The summed E-state index contributed by atoms with van der Waals surface area (Å²) in [5.41, 5.74) is 0. The molecule has 16 nitrogen and oxygen atoms in total. The summed E-state index contributed by atoms with van der Waals surface area (Å²) < 4.78 is 60.8. The number of hydrogen-bond acceptors (Lipinski definition) is 14. The summed E-state index contributed by atoms with van der Waals surface area (Å²) in [7, 11) is -9.77. The normalized spacial score (nSPS) is 14.8. The standard InChI is InChI=1S/C69H122O16P2/c1-4-7-10-13-16-19-22-25-27-28-29-30-31-32-33-34-36-39-40-43-46-49-52-55-67(72)79-58-64(70)59-81-86(75,76)82-60-65(71)61-83-87(77,78)84-63-66(85-69(74)57-54-51-48-45-42-37-24-21-18-15-12-9-6-3)62-80-68(73)56-53-50-47-44-41-38-35-26-23-20-17-14-11-8-5-2/h7,10,16-17,19-20,25-27,29-30,32-33,35,64-66,70-71H,4-6,8-9,11-15,18,21-24,28,31,34,36-63H2,1-3H3,(H,75,76)(H,77,78)/b10-7-,19-16-,20-17-,27-25-,30-29-,33-32-,35-26-. The highest BCUT2D eigenvalue weighted by atomic mass is 31.2. The molecular weight excluding hydrogens is 1150 g/mol. The number of aliphatic hydroxyl groups is 2. The van der Waals surface area contributed by atoms with Crippen LogP contribution in [-0.2, 0) is 55.8 Å². The third-order valence-corrected chi connectivity index (χ3v) is 16.0. The number of phosphoric ester groups is 2. The summed E-state index contributed by atoms with van der Waals surface area (Å²) in [6, 6.07) is 0. The van der Waals surface area contributed by atoms with Crippen molar-refractivity contribution in [1.29, 1.82) is 0 Å². The molecule has 5 atom stereocenters. The number of ether oxygens (including phenoxy) is 3. The van der Waals surface area contributed by atoms with E-state index in [0.717, 1.165) is 148 Å². The summed E-state index contributed by atoms with van der Waals surface area (Å²) in [5, 5.41) is 20.5. The number of unbranched alkanes of at least 4 members (excludes halogenated alkanes) is 27. The van der Waals surface area contributed by atoms with Gasteiger partial charge in [0.1, 0.15) is 25.4 Å². The zero-order valence-corrected chi connectivity index (χ0v) is 56.2. The molecule has 0 aliphatic carbocycles. The van der Waals surface area contributed by atoms with Gasteiger partial charge in [-0.3, -0.25) is 32.5 Å². The van der Waals surface area contributed by atoms with E-state index in [4.69, 9.17) is 32.3 Å². The van der Waals surface area contributed by atoms with Crippen LogP contribution in [0, 0.1) is 0 Å². The van der Waals surface area contributed by atoms with E-state index in [1.807, 2.05) is 0 Å². The fraction of sp³-hybridized carbons (Fsp3) is 0.754. The number of hydrogen-bond donors (Lipinski definition) is 4. The molecule has 0 spiro atoms. The molecule has 0 aromatic carbocycles. The Kier molecular flexibility index (Phi) is 60.5. The number of aliphatic hydroxyl groups excluding tert-OH is 2. The molecule has 18 heteroatoms. The first-order chi connectivity index (χ1) is 42.2. The van der Waals surface area contributed by atoms with E-state index in [0.29, 0.717) is 19.3 Å². The van der Waals surface area contributed by atoms with Gasteiger partial charge in [-0.2, -0.15) is 0 Å². The van der Waals surface area contributed by atoms with E-state index in [9.17, 15) is 43.5 Å². The monoisotopic (exact) mass is 1270 g/mol. The first-order valence-electron chi connectivity index (χ1n) is 33.9. The molecule has 0 rings (SSSR count). The predicted molar refractivity (Wildman–Crippen MR) is 353 cm³/mol. The third kappa shape index (κ3) is 64.1. The highest BCUT2D eigenvalue weighted by molar-refractivity contribution is 7.47. The highest BCUT2D eigenvalue weighted by Gasteiger charge is 2.29. The van der Waals surface area contributed by atoms with E-state index in [1.54, 1.807) is 0 Å². The zero-order valence-electron chi connectivity index (χ0n) is 54.4. The fourth-order valence-corrected chi connectivity index (χ4v) is 10.5. The molecule has 0 aromatic rings. The molecule has 87 heavy (non-hydrogen) atoms. The van der Waals surface area contributed by atoms with Gasteiger partial charge in [0, 0.05) is 19.3 Å². The van der Waals surface area contributed by atoms with Crippen molar-refractivity contribution in [2.24, 2.45) is 0 Å². The van der Waals surface area contributed by atoms with Gasteiger partial charge in [-0.05, 0) is 96.3 Å². The fourth-order valence-electron chi connectivity index (χ4n) is 8.92. The molecule has 0 radical (unpaired) electrons. The Morgan fingerprint density at radius 1 is 0.333 bits per heavy atom. The Bertz CT molecular complexity index is 1930. The minimum atomic E-state index is -4.92. The van der Waals surface area contributed by atoms with Gasteiger partial charge >= 0.3 is 33.6 Å². The smallest absolute Gasteiger partial charge is 0.463 e. The van der Waals surface area contributed by atoms with Crippen molar-refractivity contribution in [3.63, 3.8) is 0 Å². The summed E-state index contributed by atoms with van der Waals surface area (Å²) in [5.74, 6) is -1.59. The lowest BCUT2D eigenvalue weighted by Crippen LogP contribution is -2.30. The van der Waals surface area contributed by atoms with Gasteiger partial charge in [-0.25, -0.2) is 9.13 Å². The average molecular weight is 1270 g/mol. The van der Waals surface area contributed by atoms with Crippen molar-refractivity contribution >= 4 is 33.6 Å². The average Bonchev–Trinajstić information content (AvgIpc) is 3.63. The summed E-state index contributed by atoms with van der Waals surface area (Å²) in [6.07, 6.45) is 66.3. The molecule has 504 valence electrons. The minimum absolute atomic E-state index is 0.105. The maximum atomic E-state index is 12.9. The van der Waals surface area contributed by atoms with E-state index < -0.39 is 91.5 Å². The summed E-state index contributed by atoms with van der Waals surface area (Å²) in [4.78, 5) is 58.3. The van der Waals surface area contributed by atoms with Gasteiger partial charge in [0.2, 0.25) is 0 Å². The van der Waals surface area contributed by atoms with Crippen LogP contribution in [0.5, 0.6) is 0 Å². The number of allylic oxidation sites excluding steroid dienone is 14. The predicted octanol–water partition coefficient (Wildman–Crippen LogP) is 18.5. The molecule has 0 saturated carbocycles. The summed E-state index contributed by atoms with van der Waals surface area (Å²) in [6.45, 7) is 2.51. The van der Waals surface area contributed by atoms with Crippen molar-refractivity contribution in [1.82, 2.24) is 0 Å². The molecule has 0 aliphatic heterocycles. The molecule has 0 heterocycles. The zero-order chi connectivity index (χ0) is 63.8. The first-order valence-corrected chi connectivity index (χ1v) is 36.9. The number of carbonyl (C=O) groups excluding carboxylic acids is 3. The van der Waals surface area contributed by atoms with Crippen LogP contribution in [0.25, 0.3) is 0 Å². The van der Waals surface area contributed by atoms with E-state index in [2.05, 4.69) is 106 Å². The largest absolute Gasteiger partial charge is 0.472 e. The van der Waals surface area contributed by atoms with Crippen LogP contribution in [0.1, 0.15) is 278 Å². The van der Waals surface area contributed by atoms with Crippen molar-refractivity contribution in [3.05, 3.63) is 85.1 Å².